The van der Waals surface area contributed by atoms with Crippen LogP contribution in [0, 0.1) is 0 Å². The summed E-state index contributed by atoms with van der Waals surface area (Å²) in [7, 11) is 0. The number of anilines is 3. The van der Waals surface area contributed by atoms with Gasteiger partial charge in [0.15, 0.2) is 0 Å². The number of fused-ring (bicyclic) bond motifs is 4. The summed E-state index contributed by atoms with van der Waals surface area (Å²) in [4.78, 5) is 9.58. The summed E-state index contributed by atoms with van der Waals surface area (Å²) in [6, 6.07) is 39.1. The number of aromatic hydroxyl groups is 1. The Hall–Kier alpha value is -4.77. The van der Waals surface area contributed by atoms with Gasteiger partial charge in [-0.1, -0.05) is 66.7 Å². The van der Waals surface area contributed by atoms with Crippen molar-refractivity contribution in [2.45, 2.75) is 6.54 Å². The average Bonchev–Trinajstić information content (AvgIpc) is 3.45. The fraction of sp³-hybridized carbons (Fsp3) is 0.0645. The average molecular weight is 469 g/mol. The number of benzene rings is 4. The fourth-order valence-corrected chi connectivity index (χ4v) is 5.36. The van der Waals surface area contributed by atoms with Gasteiger partial charge < -0.3 is 14.9 Å². The molecule has 0 radical (unpaired) electrons. The highest BCUT2D eigenvalue weighted by Gasteiger charge is 2.28. The standard InChI is InChI=1S/C31H24N4O/c36-30-18-8-7-17-29(30)34-21-33(27-15-5-6-16-28(27)34)20-22-10-9-19-31(32-22)35-25-13-3-1-11-23(25)24-12-2-4-14-26(24)35/h1-19,36H,20-21H2. The number of hydrogen-bond donors (Lipinski definition) is 1. The molecule has 7 rings (SSSR count). The smallest absolute Gasteiger partial charge is 0.139 e. The fourth-order valence-electron chi connectivity index (χ4n) is 5.36. The molecule has 1 N–H and O–H groups in total. The van der Waals surface area contributed by atoms with Crippen molar-refractivity contribution in [3.63, 3.8) is 0 Å². The van der Waals surface area contributed by atoms with Crippen molar-refractivity contribution < 1.29 is 5.11 Å². The molecule has 1 aliphatic rings. The molecule has 0 saturated heterocycles. The molecule has 0 amide bonds. The molecule has 2 aromatic heterocycles. The van der Waals surface area contributed by atoms with Gasteiger partial charge in [-0.15, -0.1) is 0 Å². The number of phenols is 1. The van der Waals surface area contributed by atoms with E-state index in [-0.39, 0.29) is 5.75 Å². The summed E-state index contributed by atoms with van der Waals surface area (Å²) < 4.78 is 2.25. The predicted octanol–water partition coefficient (Wildman–Crippen LogP) is 7.00. The molecule has 0 aliphatic carbocycles. The minimum atomic E-state index is 0.278. The second-order valence-corrected chi connectivity index (χ2v) is 9.10. The van der Waals surface area contributed by atoms with Gasteiger partial charge in [0.1, 0.15) is 11.6 Å². The summed E-state index contributed by atoms with van der Waals surface area (Å²) in [5.74, 6) is 1.19. The first-order chi connectivity index (χ1) is 17.8. The third-order valence-corrected chi connectivity index (χ3v) is 6.95. The van der Waals surface area contributed by atoms with Gasteiger partial charge in [-0.3, -0.25) is 4.57 Å². The van der Waals surface area contributed by atoms with E-state index in [9.17, 15) is 5.11 Å². The lowest BCUT2D eigenvalue weighted by atomic mass is 10.2. The van der Waals surface area contributed by atoms with E-state index in [1.165, 1.54) is 10.8 Å². The first kappa shape index (κ1) is 20.6. The van der Waals surface area contributed by atoms with Crippen LogP contribution in [0.1, 0.15) is 5.69 Å². The van der Waals surface area contributed by atoms with Gasteiger partial charge in [0, 0.05) is 10.8 Å². The number of pyridine rings is 1. The van der Waals surface area contributed by atoms with Crippen LogP contribution in [0.3, 0.4) is 0 Å². The Morgan fingerprint density at radius 2 is 1.22 bits per heavy atom. The first-order valence-corrected chi connectivity index (χ1v) is 12.1. The van der Waals surface area contributed by atoms with Gasteiger partial charge in [0.25, 0.3) is 0 Å². The molecule has 0 atom stereocenters. The predicted molar refractivity (Wildman–Crippen MR) is 146 cm³/mol. The zero-order valence-electron chi connectivity index (χ0n) is 19.6. The zero-order chi connectivity index (χ0) is 24.1. The van der Waals surface area contributed by atoms with Gasteiger partial charge >= 0.3 is 0 Å². The molecule has 0 bridgehead atoms. The van der Waals surface area contributed by atoms with E-state index in [2.05, 4.69) is 99.3 Å². The topological polar surface area (TPSA) is 44.5 Å². The summed E-state index contributed by atoms with van der Waals surface area (Å²) in [5, 5.41) is 13.0. The number of aromatic nitrogens is 2. The summed E-state index contributed by atoms with van der Waals surface area (Å²) in [6.45, 7) is 1.30. The van der Waals surface area contributed by atoms with Crippen LogP contribution in [-0.4, -0.2) is 21.3 Å². The Labute approximate surface area is 209 Å². The second kappa shape index (κ2) is 8.17. The van der Waals surface area contributed by atoms with Crippen LogP contribution in [0.15, 0.2) is 115 Å². The lowest BCUT2D eigenvalue weighted by Gasteiger charge is -2.22. The molecule has 0 fully saturated rings. The maximum absolute atomic E-state index is 10.5. The Kier molecular flexibility index (Phi) is 4.67. The van der Waals surface area contributed by atoms with Crippen LogP contribution < -0.4 is 9.80 Å². The van der Waals surface area contributed by atoms with Crippen molar-refractivity contribution in [2.24, 2.45) is 0 Å². The van der Waals surface area contributed by atoms with Crippen molar-refractivity contribution in [3.8, 4) is 11.6 Å². The summed E-state index contributed by atoms with van der Waals surface area (Å²) in [6.07, 6.45) is 0. The minimum Gasteiger partial charge on any atom is -0.506 e. The highest BCUT2D eigenvalue weighted by Crippen LogP contribution is 2.43. The highest BCUT2D eigenvalue weighted by atomic mass is 16.3. The van der Waals surface area contributed by atoms with Crippen LogP contribution in [0.25, 0.3) is 27.6 Å². The van der Waals surface area contributed by atoms with Gasteiger partial charge in [0.05, 0.1) is 47.0 Å². The van der Waals surface area contributed by atoms with E-state index >= 15 is 0 Å². The van der Waals surface area contributed by atoms with Crippen molar-refractivity contribution in [1.82, 2.24) is 9.55 Å². The number of hydrogen-bond acceptors (Lipinski definition) is 4. The Morgan fingerprint density at radius 1 is 0.611 bits per heavy atom. The molecular weight excluding hydrogens is 444 g/mol. The van der Waals surface area contributed by atoms with Gasteiger partial charge in [0.2, 0.25) is 0 Å². The maximum atomic E-state index is 10.5. The Morgan fingerprint density at radius 3 is 1.94 bits per heavy atom. The largest absolute Gasteiger partial charge is 0.506 e. The van der Waals surface area contributed by atoms with E-state index in [4.69, 9.17) is 4.98 Å². The molecule has 0 saturated carbocycles. The lowest BCUT2D eigenvalue weighted by Crippen LogP contribution is -2.28. The SMILES string of the molecule is Oc1ccccc1N1CN(Cc2cccc(-n3c4ccccc4c4ccccc43)n2)c2ccccc21. The number of phenolic OH excluding ortho intramolecular Hbond substituents is 1. The molecule has 3 heterocycles. The third kappa shape index (κ3) is 3.21. The van der Waals surface area contributed by atoms with Crippen LogP contribution in [-0.2, 0) is 6.54 Å². The lowest BCUT2D eigenvalue weighted by molar-refractivity contribution is 0.475. The summed E-state index contributed by atoms with van der Waals surface area (Å²) >= 11 is 0. The minimum absolute atomic E-state index is 0.278. The monoisotopic (exact) mass is 468 g/mol. The second-order valence-electron chi connectivity index (χ2n) is 9.10. The molecular formula is C31H24N4O. The van der Waals surface area contributed by atoms with Gasteiger partial charge in [-0.05, 0) is 48.5 Å². The molecule has 0 unspecified atom stereocenters. The molecule has 4 aromatic carbocycles. The number of para-hydroxylation sites is 6. The number of nitrogens with zero attached hydrogens (tertiary/aromatic N) is 4. The molecule has 6 aromatic rings. The van der Waals surface area contributed by atoms with Gasteiger partial charge in [-0.25, -0.2) is 4.98 Å². The van der Waals surface area contributed by atoms with E-state index in [0.29, 0.717) is 13.2 Å². The quantitative estimate of drug-likeness (QED) is 0.303. The van der Waals surface area contributed by atoms with Crippen LogP contribution in [0.4, 0.5) is 17.1 Å². The maximum Gasteiger partial charge on any atom is 0.139 e. The van der Waals surface area contributed by atoms with E-state index in [0.717, 1.165) is 39.6 Å². The Balaban J connectivity index is 1.28. The van der Waals surface area contributed by atoms with Gasteiger partial charge in [-0.2, -0.15) is 0 Å². The Bertz CT molecular complexity index is 1680. The molecule has 0 spiro atoms. The van der Waals surface area contributed by atoms with Crippen molar-refractivity contribution in [3.05, 3.63) is 121 Å². The molecule has 174 valence electrons. The normalized spacial score (nSPS) is 13.0. The van der Waals surface area contributed by atoms with E-state index in [1.807, 2.05) is 24.3 Å². The highest BCUT2D eigenvalue weighted by molar-refractivity contribution is 6.09. The first-order valence-electron chi connectivity index (χ1n) is 12.1. The van der Waals surface area contributed by atoms with Crippen molar-refractivity contribution >= 4 is 38.9 Å². The molecule has 1 aliphatic heterocycles. The summed E-state index contributed by atoms with van der Waals surface area (Å²) in [5.41, 5.74) is 6.31. The van der Waals surface area contributed by atoms with E-state index in [1.54, 1.807) is 6.07 Å². The van der Waals surface area contributed by atoms with Crippen molar-refractivity contribution in [2.75, 3.05) is 16.5 Å². The molecule has 5 nitrogen and oxygen atoms in total. The van der Waals surface area contributed by atoms with Crippen LogP contribution in [0.5, 0.6) is 5.75 Å². The zero-order valence-corrected chi connectivity index (χ0v) is 19.6. The molecule has 5 heteroatoms. The van der Waals surface area contributed by atoms with Crippen molar-refractivity contribution in [1.29, 1.82) is 0 Å². The van der Waals surface area contributed by atoms with Crippen LogP contribution in [0.2, 0.25) is 0 Å². The third-order valence-electron chi connectivity index (χ3n) is 6.95. The van der Waals surface area contributed by atoms with Crippen LogP contribution >= 0.6 is 0 Å². The molecule has 36 heavy (non-hydrogen) atoms. The van der Waals surface area contributed by atoms with E-state index < -0.39 is 0 Å². The number of rotatable bonds is 4.